The summed E-state index contributed by atoms with van der Waals surface area (Å²) in [5.74, 6) is 2.24. The predicted molar refractivity (Wildman–Crippen MR) is 70.7 cm³/mol. The fourth-order valence-corrected chi connectivity index (χ4v) is 1.78. The van der Waals surface area contributed by atoms with Crippen molar-refractivity contribution in [3.63, 3.8) is 0 Å². The van der Waals surface area contributed by atoms with Crippen LogP contribution in [0.1, 0.15) is 27.2 Å². The molecule has 1 amide bonds. The molecule has 0 bridgehead atoms. The first-order valence-corrected chi connectivity index (χ1v) is 6.35. The molecule has 0 heterocycles. The van der Waals surface area contributed by atoms with Crippen LogP contribution in [0.5, 0.6) is 0 Å². The highest BCUT2D eigenvalue weighted by molar-refractivity contribution is 7.99. The monoisotopic (exact) mass is 254 g/mol. The van der Waals surface area contributed by atoms with Gasteiger partial charge in [-0.3, -0.25) is 4.79 Å². The molecular formula is C10H23ClN2OS. The molecule has 0 aliphatic heterocycles. The maximum Gasteiger partial charge on any atom is 0.224 e. The second kappa shape index (κ2) is 10.6. The third-order valence-corrected chi connectivity index (χ3v) is 3.02. The predicted octanol–water partition coefficient (Wildman–Crippen LogP) is 1.65. The van der Waals surface area contributed by atoms with Gasteiger partial charge in [0.15, 0.2) is 0 Å². The summed E-state index contributed by atoms with van der Waals surface area (Å²) in [7, 11) is 0. The quantitative estimate of drug-likeness (QED) is 0.680. The summed E-state index contributed by atoms with van der Waals surface area (Å²) in [6.07, 6.45) is 1.03. The molecule has 2 atom stereocenters. The van der Waals surface area contributed by atoms with E-state index in [0.29, 0.717) is 6.54 Å². The number of carbonyl (C=O) groups excluding carboxylic acids is 1. The standard InChI is InChI=1S/C10H22N2OS.ClH/c1-4-14-6-5-9(3)12-10(13)8(2)7-11;/h8-9H,4-7,11H2,1-3H3,(H,12,13);1H. The Bertz CT molecular complexity index is 170. The summed E-state index contributed by atoms with van der Waals surface area (Å²) in [5, 5.41) is 2.96. The number of nitrogens with two attached hydrogens (primary N) is 1. The Morgan fingerprint density at radius 3 is 2.53 bits per heavy atom. The highest BCUT2D eigenvalue weighted by atomic mass is 35.5. The minimum atomic E-state index is -0.0729. The fraction of sp³-hybridized carbons (Fsp3) is 0.900. The molecule has 3 nitrogen and oxygen atoms in total. The van der Waals surface area contributed by atoms with Gasteiger partial charge in [0.25, 0.3) is 0 Å². The zero-order valence-electron chi connectivity index (χ0n) is 9.79. The summed E-state index contributed by atoms with van der Waals surface area (Å²) < 4.78 is 0. The average Bonchev–Trinajstić information content (AvgIpc) is 2.16. The van der Waals surface area contributed by atoms with Crippen molar-refractivity contribution in [2.24, 2.45) is 11.7 Å². The molecule has 0 saturated heterocycles. The molecule has 3 N–H and O–H groups in total. The van der Waals surface area contributed by atoms with Gasteiger partial charge in [-0.2, -0.15) is 11.8 Å². The largest absolute Gasteiger partial charge is 0.353 e. The van der Waals surface area contributed by atoms with E-state index in [1.165, 1.54) is 0 Å². The van der Waals surface area contributed by atoms with Gasteiger partial charge < -0.3 is 11.1 Å². The van der Waals surface area contributed by atoms with Gasteiger partial charge in [-0.05, 0) is 24.9 Å². The van der Waals surface area contributed by atoms with Gasteiger partial charge in [0.1, 0.15) is 0 Å². The van der Waals surface area contributed by atoms with Gasteiger partial charge in [-0.25, -0.2) is 0 Å². The zero-order valence-corrected chi connectivity index (χ0v) is 11.4. The Labute approximate surface area is 103 Å². The van der Waals surface area contributed by atoms with Crippen LogP contribution < -0.4 is 11.1 Å². The Hall–Kier alpha value is 0.0700. The summed E-state index contributed by atoms with van der Waals surface area (Å²) >= 11 is 1.90. The lowest BCUT2D eigenvalue weighted by molar-refractivity contribution is -0.124. The number of hydrogen-bond acceptors (Lipinski definition) is 3. The molecule has 15 heavy (non-hydrogen) atoms. The normalized spacial score (nSPS) is 13.9. The molecule has 0 aliphatic rings. The van der Waals surface area contributed by atoms with Crippen LogP contribution in [-0.2, 0) is 4.79 Å². The van der Waals surface area contributed by atoms with Gasteiger partial charge >= 0.3 is 0 Å². The van der Waals surface area contributed by atoms with Crippen molar-refractivity contribution < 1.29 is 4.79 Å². The number of rotatable bonds is 7. The molecule has 5 heteroatoms. The molecular weight excluding hydrogens is 232 g/mol. The van der Waals surface area contributed by atoms with Crippen molar-refractivity contribution >= 4 is 30.1 Å². The van der Waals surface area contributed by atoms with E-state index in [4.69, 9.17) is 5.73 Å². The highest BCUT2D eigenvalue weighted by Gasteiger charge is 2.12. The minimum absolute atomic E-state index is 0. The van der Waals surface area contributed by atoms with Crippen LogP contribution in [-0.4, -0.2) is 30.0 Å². The van der Waals surface area contributed by atoms with Crippen LogP contribution in [0.4, 0.5) is 0 Å². The number of thioether (sulfide) groups is 1. The Balaban J connectivity index is 0. The van der Waals surface area contributed by atoms with Crippen molar-refractivity contribution in [2.45, 2.75) is 33.2 Å². The van der Waals surface area contributed by atoms with Gasteiger partial charge in [-0.1, -0.05) is 13.8 Å². The maximum absolute atomic E-state index is 11.4. The van der Waals surface area contributed by atoms with Crippen LogP contribution in [0.15, 0.2) is 0 Å². The number of nitrogens with one attached hydrogen (secondary N) is 1. The lowest BCUT2D eigenvalue weighted by atomic mass is 10.1. The molecule has 92 valence electrons. The molecule has 0 fully saturated rings. The Morgan fingerprint density at radius 1 is 1.47 bits per heavy atom. The first-order chi connectivity index (χ1) is 6.61. The SMILES string of the molecule is CCSCCC(C)NC(=O)C(C)CN.Cl. The lowest BCUT2D eigenvalue weighted by Gasteiger charge is -2.16. The number of hydrogen-bond donors (Lipinski definition) is 2. The maximum atomic E-state index is 11.4. The summed E-state index contributed by atoms with van der Waals surface area (Å²) in [4.78, 5) is 11.4. The summed E-state index contributed by atoms with van der Waals surface area (Å²) in [5.41, 5.74) is 5.41. The van der Waals surface area contributed by atoms with E-state index in [0.717, 1.165) is 17.9 Å². The molecule has 0 radical (unpaired) electrons. The minimum Gasteiger partial charge on any atom is -0.353 e. The number of halogens is 1. The van der Waals surface area contributed by atoms with E-state index in [1.54, 1.807) is 0 Å². The van der Waals surface area contributed by atoms with E-state index in [2.05, 4.69) is 12.2 Å². The lowest BCUT2D eigenvalue weighted by Crippen LogP contribution is -2.39. The topological polar surface area (TPSA) is 55.1 Å². The van der Waals surface area contributed by atoms with E-state index in [1.807, 2.05) is 25.6 Å². The fourth-order valence-electron chi connectivity index (χ4n) is 0.969. The van der Waals surface area contributed by atoms with Gasteiger partial charge in [-0.15, -0.1) is 12.4 Å². The Kier molecular flexibility index (Phi) is 12.3. The third kappa shape index (κ3) is 9.03. The van der Waals surface area contributed by atoms with Gasteiger partial charge in [0.05, 0.1) is 0 Å². The highest BCUT2D eigenvalue weighted by Crippen LogP contribution is 2.04. The average molecular weight is 255 g/mol. The summed E-state index contributed by atoms with van der Waals surface area (Å²) in [6, 6.07) is 0.260. The first-order valence-electron chi connectivity index (χ1n) is 5.20. The van der Waals surface area contributed by atoms with Crippen LogP contribution in [0.2, 0.25) is 0 Å². The van der Waals surface area contributed by atoms with E-state index in [9.17, 15) is 4.79 Å². The van der Waals surface area contributed by atoms with E-state index < -0.39 is 0 Å². The first kappa shape index (κ1) is 17.5. The zero-order chi connectivity index (χ0) is 11.0. The van der Waals surface area contributed by atoms with Crippen LogP contribution >= 0.6 is 24.2 Å². The third-order valence-electron chi connectivity index (χ3n) is 2.09. The number of amides is 1. The van der Waals surface area contributed by atoms with E-state index in [-0.39, 0.29) is 30.3 Å². The van der Waals surface area contributed by atoms with Crippen molar-refractivity contribution in [1.29, 1.82) is 0 Å². The molecule has 0 saturated carbocycles. The molecule has 0 spiro atoms. The molecule has 0 aromatic rings. The Morgan fingerprint density at radius 2 is 2.07 bits per heavy atom. The van der Waals surface area contributed by atoms with Crippen LogP contribution in [0, 0.1) is 5.92 Å². The summed E-state index contributed by atoms with van der Waals surface area (Å²) in [6.45, 7) is 6.45. The molecule has 0 aromatic carbocycles. The van der Waals surface area contributed by atoms with Crippen LogP contribution in [0.3, 0.4) is 0 Å². The van der Waals surface area contributed by atoms with Gasteiger partial charge in [0.2, 0.25) is 5.91 Å². The van der Waals surface area contributed by atoms with E-state index >= 15 is 0 Å². The second-order valence-corrected chi connectivity index (χ2v) is 4.93. The van der Waals surface area contributed by atoms with Crippen molar-refractivity contribution in [2.75, 3.05) is 18.1 Å². The number of carbonyl (C=O) groups is 1. The van der Waals surface area contributed by atoms with Crippen molar-refractivity contribution in [3.05, 3.63) is 0 Å². The molecule has 0 rings (SSSR count). The van der Waals surface area contributed by atoms with Crippen LogP contribution in [0.25, 0.3) is 0 Å². The van der Waals surface area contributed by atoms with Crippen molar-refractivity contribution in [1.82, 2.24) is 5.32 Å². The van der Waals surface area contributed by atoms with Crippen molar-refractivity contribution in [3.8, 4) is 0 Å². The van der Waals surface area contributed by atoms with Gasteiger partial charge in [0, 0.05) is 18.5 Å². The molecule has 0 aromatic heterocycles. The second-order valence-electron chi connectivity index (χ2n) is 3.53. The smallest absolute Gasteiger partial charge is 0.224 e. The molecule has 0 aliphatic carbocycles. The molecule has 2 unspecified atom stereocenters.